The molecule has 2 fully saturated rings. The van der Waals surface area contributed by atoms with Crippen LogP contribution in [0.2, 0.25) is 10.0 Å². The van der Waals surface area contributed by atoms with Gasteiger partial charge in [0.25, 0.3) is 11.8 Å². The van der Waals surface area contributed by atoms with Gasteiger partial charge in [-0.1, -0.05) is 75.0 Å². The molecule has 3 heterocycles. The lowest BCUT2D eigenvalue weighted by molar-refractivity contribution is -0.123. The number of amides is 3. The Morgan fingerprint density at radius 3 is 2.38 bits per heavy atom. The van der Waals surface area contributed by atoms with Crippen LogP contribution in [0.1, 0.15) is 80.3 Å². The Labute approximate surface area is 429 Å². The van der Waals surface area contributed by atoms with E-state index in [-0.39, 0.29) is 50.2 Å². The number of hydrogen-bond acceptors (Lipinski definition) is 11. The number of morpholine rings is 1. The van der Waals surface area contributed by atoms with E-state index in [0.717, 1.165) is 30.1 Å². The van der Waals surface area contributed by atoms with Crippen molar-refractivity contribution >= 4 is 63.1 Å². The maximum absolute atomic E-state index is 16.1. The van der Waals surface area contributed by atoms with E-state index in [1.54, 1.807) is 5.38 Å². The number of thiazole rings is 1. The van der Waals surface area contributed by atoms with Gasteiger partial charge >= 0.3 is 0 Å². The molecule has 2 saturated heterocycles. The molecule has 20 heteroatoms. The molecule has 0 saturated carbocycles. The van der Waals surface area contributed by atoms with E-state index in [0.29, 0.717) is 57.9 Å². The SMILES string of the molecule is COc1cc(C(=O)NCCCCCCNC(=O)COc2c(-c3csc(N4CCOCC4)n3)ccc(F)c2F)ccc1NC(=O)[C@H]1NC(CC(C)(C)C)C(C#N)(c2ccc(Cl)cc2F)C1c1cccc(Cl)c1F. The van der Waals surface area contributed by atoms with Crippen LogP contribution < -0.4 is 35.6 Å². The smallest absolute Gasteiger partial charge is 0.257 e. The molecule has 4 aromatic carbocycles. The minimum Gasteiger partial charge on any atom is -0.495 e. The van der Waals surface area contributed by atoms with E-state index in [1.807, 2.05) is 25.7 Å². The molecule has 4 atom stereocenters. The molecule has 72 heavy (non-hydrogen) atoms. The summed E-state index contributed by atoms with van der Waals surface area (Å²) in [5, 5.41) is 25.2. The number of nitrogens with one attached hydrogen (secondary N) is 4. The second-order valence-electron chi connectivity index (χ2n) is 18.8. The van der Waals surface area contributed by atoms with E-state index in [2.05, 4.69) is 32.3 Å². The van der Waals surface area contributed by atoms with Crippen LogP contribution in [-0.4, -0.2) is 87.9 Å². The number of carbonyl (C=O) groups is 3. The predicted octanol–water partition coefficient (Wildman–Crippen LogP) is 9.96. The number of unbranched alkanes of at least 4 members (excludes halogenated alkanes) is 3. The summed E-state index contributed by atoms with van der Waals surface area (Å²) < 4.78 is 77.9. The monoisotopic (exact) mass is 1050 g/mol. The number of methoxy groups -OCH3 is 1. The van der Waals surface area contributed by atoms with Crippen LogP contribution in [0.15, 0.2) is 72.1 Å². The Morgan fingerprint density at radius 1 is 0.944 bits per heavy atom. The first-order valence-electron chi connectivity index (χ1n) is 23.5. The molecule has 382 valence electrons. The number of anilines is 2. The molecule has 3 unspecified atom stereocenters. The normalized spacial score (nSPS) is 18.8. The number of aromatic nitrogens is 1. The van der Waals surface area contributed by atoms with Crippen LogP contribution in [0.3, 0.4) is 0 Å². The molecule has 1 aromatic heterocycles. The average Bonchev–Trinajstić information content (AvgIpc) is 3.97. The molecule has 5 aromatic rings. The molecule has 0 spiro atoms. The van der Waals surface area contributed by atoms with Gasteiger partial charge in [-0.2, -0.15) is 9.65 Å². The minimum atomic E-state index is -1.83. The van der Waals surface area contributed by atoms with Gasteiger partial charge in [-0.05, 0) is 78.8 Å². The van der Waals surface area contributed by atoms with E-state index in [1.165, 1.54) is 73.0 Å². The summed E-state index contributed by atoms with van der Waals surface area (Å²) >= 11 is 13.8. The van der Waals surface area contributed by atoms with Crippen LogP contribution >= 0.6 is 34.5 Å². The Kier molecular flexibility index (Phi) is 17.7. The number of benzene rings is 4. The summed E-state index contributed by atoms with van der Waals surface area (Å²) in [7, 11) is 1.37. The summed E-state index contributed by atoms with van der Waals surface area (Å²) in [6, 6.07) is 15.2. The Hall–Kier alpha value is -5.97. The van der Waals surface area contributed by atoms with Crippen LogP contribution in [0.4, 0.5) is 28.4 Å². The first kappa shape index (κ1) is 53.8. The fourth-order valence-corrected chi connectivity index (χ4v) is 10.4. The third-order valence-corrected chi connectivity index (χ3v) is 14.0. The number of hydrogen-bond donors (Lipinski definition) is 4. The van der Waals surface area contributed by atoms with E-state index >= 15 is 8.78 Å². The fraction of sp³-hybridized carbons (Fsp3) is 0.404. The van der Waals surface area contributed by atoms with Crippen molar-refractivity contribution in [2.24, 2.45) is 5.41 Å². The second kappa shape index (κ2) is 23.7. The Morgan fingerprint density at radius 2 is 1.68 bits per heavy atom. The number of nitriles is 1. The summed E-state index contributed by atoms with van der Waals surface area (Å²) in [4.78, 5) is 47.0. The van der Waals surface area contributed by atoms with Gasteiger partial charge in [0, 0.05) is 65.2 Å². The molecule has 0 bridgehead atoms. The standard InChI is InChI=1S/C52H55Cl2F4N7O6S/c1-51(2,3)26-41-52(29-59,34-15-13-31(53)25-37(34)56)43(33-10-9-11-35(54)44(33)57)46(64-41)49(68)62-38-17-12-30(24-40(38)69-4)48(67)61-19-8-6-5-7-18-60-42(66)27-71-47-32(14-16-36(55)45(47)58)39-28-72-50(63-39)65-20-22-70-23-21-65/h9-17,24-25,28,41,43,46,64H,5-8,18-23,26-27H2,1-4H3,(H,60,66)(H,61,67)(H,62,68)/t41?,43?,46-,52?/m0/s1. The van der Waals surface area contributed by atoms with Crippen molar-refractivity contribution in [1.82, 2.24) is 20.9 Å². The van der Waals surface area contributed by atoms with Crippen molar-refractivity contribution in [1.29, 1.82) is 5.26 Å². The Bertz CT molecular complexity index is 2820. The number of rotatable bonds is 19. The third-order valence-electron chi connectivity index (χ3n) is 12.6. The maximum atomic E-state index is 16.1. The van der Waals surface area contributed by atoms with Gasteiger partial charge in [0.2, 0.25) is 11.7 Å². The summed E-state index contributed by atoms with van der Waals surface area (Å²) in [5.41, 5.74) is -1.32. The molecule has 3 amide bonds. The van der Waals surface area contributed by atoms with Gasteiger partial charge in [0.15, 0.2) is 23.3 Å². The second-order valence-corrected chi connectivity index (χ2v) is 20.4. The first-order valence-corrected chi connectivity index (χ1v) is 25.1. The first-order chi connectivity index (χ1) is 34.4. The molecule has 0 radical (unpaired) electrons. The highest BCUT2D eigenvalue weighted by molar-refractivity contribution is 7.14. The lowest BCUT2D eigenvalue weighted by Crippen LogP contribution is -2.45. The Balaban J connectivity index is 0.916. The van der Waals surface area contributed by atoms with Gasteiger partial charge in [-0.3, -0.25) is 14.4 Å². The van der Waals surface area contributed by atoms with Gasteiger partial charge in [-0.25, -0.2) is 18.2 Å². The minimum absolute atomic E-state index is 0.0564. The maximum Gasteiger partial charge on any atom is 0.257 e. The molecule has 0 aliphatic carbocycles. The van der Waals surface area contributed by atoms with Crippen molar-refractivity contribution in [2.75, 3.05) is 63.3 Å². The van der Waals surface area contributed by atoms with Crippen LogP contribution in [0.5, 0.6) is 11.5 Å². The highest BCUT2D eigenvalue weighted by Gasteiger charge is 2.61. The predicted molar refractivity (Wildman–Crippen MR) is 269 cm³/mol. The number of nitrogens with zero attached hydrogens (tertiary/aromatic N) is 3. The van der Waals surface area contributed by atoms with E-state index in [4.69, 9.17) is 37.4 Å². The number of halogens is 6. The molecule has 2 aliphatic heterocycles. The van der Waals surface area contributed by atoms with Gasteiger partial charge in [0.05, 0.1) is 48.8 Å². The quantitative estimate of drug-likeness (QED) is 0.0462. The summed E-state index contributed by atoms with van der Waals surface area (Å²) in [6.07, 6.45) is 2.97. The van der Waals surface area contributed by atoms with Crippen molar-refractivity contribution in [3.8, 4) is 28.8 Å². The van der Waals surface area contributed by atoms with Gasteiger partial charge < -0.3 is 40.4 Å². The average molecular weight is 1050 g/mol. The van der Waals surface area contributed by atoms with Gasteiger partial charge in [-0.15, -0.1) is 11.3 Å². The summed E-state index contributed by atoms with van der Waals surface area (Å²) in [6.45, 7) is 8.40. The summed E-state index contributed by atoms with van der Waals surface area (Å²) in [5.74, 6) is -7.07. The molecular formula is C52H55Cl2F4N7O6S. The van der Waals surface area contributed by atoms with Crippen LogP contribution in [-0.2, 0) is 19.7 Å². The molecule has 13 nitrogen and oxygen atoms in total. The lowest BCUT2D eigenvalue weighted by Gasteiger charge is -2.37. The molecule has 2 aliphatic rings. The zero-order valence-corrected chi connectivity index (χ0v) is 42.4. The zero-order chi connectivity index (χ0) is 51.7. The van der Waals surface area contributed by atoms with Crippen molar-refractivity contribution in [2.45, 2.75) is 76.3 Å². The fourth-order valence-electron chi connectivity index (χ4n) is 9.19. The van der Waals surface area contributed by atoms with Crippen LogP contribution in [0.25, 0.3) is 11.3 Å². The van der Waals surface area contributed by atoms with Crippen molar-refractivity contribution in [3.05, 3.63) is 122 Å². The van der Waals surface area contributed by atoms with Crippen molar-refractivity contribution in [3.63, 3.8) is 0 Å². The highest BCUT2D eigenvalue weighted by Crippen LogP contribution is 2.53. The van der Waals surface area contributed by atoms with E-state index in [9.17, 15) is 28.4 Å². The lowest BCUT2D eigenvalue weighted by atomic mass is 9.62. The number of carbonyl (C=O) groups excluding carboxylic acids is 3. The van der Waals surface area contributed by atoms with Crippen LogP contribution in [0, 0.1) is 40.0 Å². The molecule has 7 rings (SSSR count). The van der Waals surface area contributed by atoms with Crippen molar-refractivity contribution < 1.29 is 46.2 Å². The number of ether oxygens (including phenoxy) is 3. The highest BCUT2D eigenvalue weighted by atomic mass is 35.5. The molecule has 4 N–H and O–H groups in total. The van der Waals surface area contributed by atoms with Gasteiger partial charge in [0.1, 0.15) is 22.8 Å². The zero-order valence-electron chi connectivity index (χ0n) is 40.1. The molecular weight excluding hydrogens is 998 g/mol. The topological polar surface area (TPSA) is 167 Å². The van der Waals surface area contributed by atoms with E-state index < -0.39 is 82.2 Å². The largest absolute Gasteiger partial charge is 0.495 e. The third kappa shape index (κ3) is 12.3.